The predicted molar refractivity (Wildman–Crippen MR) is 93.3 cm³/mol. The monoisotopic (exact) mass is 297 g/mol. The molecular weight excluding hydrogens is 270 g/mol. The van der Waals surface area contributed by atoms with Crippen LogP contribution >= 0.6 is 0 Å². The van der Waals surface area contributed by atoms with E-state index in [1.165, 1.54) is 21.9 Å². The molecule has 0 bridgehead atoms. The van der Waals surface area contributed by atoms with Gasteiger partial charge in [-0.2, -0.15) is 0 Å². The summed E-state index contributed by atoms with van der Waals surface area (Å²) in [5, 5.41) is 13.5. The Morgan fingerprint density at radius 3 is 2.55 bits per heavy atom. The first-order valence-corrected chi connectivity index (χ1v) is 8.68. The molecule has 0 aromatic heterocycles. The zero-order valence-electron chi connectivity index (χ0n) is 13.8. The van der Waals surface area contributed by atoms with Crippen LogP contribution in [0.2, 0.25) is 0 Å². The molecule has 3 rings (SSSR count). The average molecular weight is 297 g/mol. The molecular formula is C20H27NO. The second-order valence-corrected chi connectivity index (χ2v) is 6.46. The molecule has 0 unspecified atom stereocenters. The minimum absolute atomic E-state index is 0.372. The molecule has 2 aromatic rings. The number of aliphatic hydroxyl groups is 1. The molecule has 2 aromatic carbocycles. The van der Waals surface area contributed by atoms with Crippen molar-refractivity contribution in [2.45, 2.75) is 45.6 Å². The highest BCUT2D eigenvalue weighted by molar-refractivity contribution is 5.91. The number of aliphatic hydroxyl groups excluding tert-OH is 1. The van der Waals surface area contributed by atoms with Gasteiger partial charge in [-0.25, -0.2) is 0 Å². The van der Waals surface area contributed by atoms with Gasteiger partial charge >= 0.3 is 0 Å². The molecule has 0 fully saturated rings. The SMILES string of the molecule is CCCN(CCC)C[C@@H](O)c1ccc2cccc3c2c1CC3. The number of hydrogen-bond donors (Lipinski definition) is 1. The number of aryl methyl sites for hydroxylation is 2. The summed E-state index contributed by atoms with van der Waals surface area (Å²) < 4.78 is 0. The summed E-state index contributed by atoms with van der Waals surface area (Å²) in [6.45, 7) is 7.30. The van der Waals surface area contributed by atoms with Gasteiger partial charge < -0.3 is 10.0 Å². The smallest absolute Gasteiger partial charge is 0.0919 e. The van der Waals surface area contributed by atoms with Crippen molar-refractivity contribution in [3.8, 4) is 0 Å². The van der Waals surface area contributed by atoms with Crippen molar-refractivity contribution < 1.29 is 5.11 Å². The van der Waals surface area contributed by atoms with Gasteiger partial charge in [0.25, 0.3) is 0 Å². The molecule has 0 amide bonds. The molecule has 1 N–H and O–H groups in total. The molecule has 0 spiro atoms. The summed E-state index contributed by atoms with van der Waals surface area (Å²) in [6.07, 6.45) is 4.10. The molecule has 0 heterocycles. The highest BCUT2D eigenvalue weighted by Crippen LogP contribution is 2.35. The van der Waals surface area contributed by atoms with Crippen LogP contribution < -0.4 is 0 Å². The lowest BCUT2D eigenvalue weighted by molar-refractivity contribution is 0.112. The molecule has 118 valence electrons. The Morgan fingerprint density at radius 1 is 1.05 bits per heavy atom. The van der Waals surface area contributed by atoms with Gasteiger partial charge in [0.2, 0.25) is 0 Å². The van der Waals surface area contributed by atoms with E-state index in [0.29, 0.717) is 0 Å². The molecule has 0 saturated heterocycles. The van der Waals surface area contributed by atoms with Gasteiger partial charge in [0.15, 0.2) is 0 Å². The van der Waals surface area contributed by atoms with Crippen molar-refractivity contribution in [1.29, 1.82) is 0 Å². The molecule has 1 aliphatic carbocycles. The fraction of sp³-hybridized carbons (Fsp3) is 0.500. The predicted octanol–water partition coefficient (Wildman–Crippen LogP) is 4.09. The van der Waals surface area contributed by atoms with Crippen molar-refractivity contribution in [1.82, 2.24) is 4.90 Å². The first kappa shape index (κ1) is 15.5. The van der Waals surface area contributed by atoms with Crippen LogP contribution in [0.3, 0.4) is 0 Å². The van der Waals surface area contributed by atoms with E-state index < -0.39 is 0 Å². The fourth-order valence-corrected chi connectivity index (χ4v) is 3.87. The Bertz CT molecular complexity index is 643. The standard InChI is InChI=1S/C20H27NO/c1-3-12-21(13-4-2)14-19(22)17-10-8-15-6-5-7-16-9-11-18(17)20(15)16/h5-8,10,19,22H,3-4,9,11-14H2,1-2H3/t19-/m1/s1. The Labute approximate surface area is 133 Å². The first-order valence-electron chi connectivity index (χ1n) is 8.68. The second-order valence-electron chi connectivity index (χ2n) is 6.46. The van der Waals surface area contributed by atoms with Crippen LogP contribution in [0.5, 0.6) is 0 Å². The quantitative estimate of drug-likeness (QED) is 0.832. The minimum atomic E-state index is -0.372. The van der Waals surface area contributed by atoms with Gasteiger partial charge in [-0.05, 0) is 66.2 Å². The minimum Gasteiger partial charge on any atom is -0.387 e. The third kappa shape index (κ3) is 2.90. The molecule has 1 aliphatic rings. The van der Waals surface area contributed by atoms with Crippen LogP contribution in [0.15, 0.2) is 30.3 Å². The van der Waals surface area contributed by atoms with Gasteiger partial charge in [0.05, 0.1) is 6.10 Å². The number of nitrogens with zero attached hydrogens (tertiary/aromatic N) is 1. The summed E-state index contributed by atoms with van der Waals surface area (Å²) in [7, 11) is 0. The summed E-state index contributed by atoms with van der Waals surface area (Å²) in [5.74, 6) is 0. The van der Waals surface area contributed by atoms with Crippen molar-refractivity contribution in [2.75, 3.05) is 19.6 Å². The highest BCUT2D eigenvalue weighted by atomic mass is 16.3. The maximum Gasteiger partial charge on any atom is 0.0919 e. The van der Waals surface area contributed by atoms with Crippen LogP contribution in [-0.4, -0.2) is 29.6 Å². The maximum absolute atomic E-state index is 10.8. The van der Waals surface area contributed by atoms with E-state index in [2.05, 4.69) is 49.1 Å². The Morgan fingerprint density at radius 2 is 1.82 bits per heavy atom. The number of benzene rings is 2. The normalized spacial score (nSPS) is 14.9. The Balaban J connectivity index is 1.88. The zero-order chi connectivity index (χ0) is 15.5. The van der Waals surface area contributed by atoms with E-state index in [-0.39, 0.29) is 6.10 Å². The van der Waals surface area contributed by atoms with Crippen LogP contribution in [0, 0.1) is 0 Å². The molecule has 0 radical (unpaired) electrons. The van der Waals surface area contributed by atoms with Crippen molar-refractivity contribution in [2.24, 2.45) is 0 Å². The van der Waals surface area contributed by atoms with Gasteiger partial charge in [-0.15, -0.1) is 0 Å². The summed E-state index contributed by atoms with van der Waals surface area (Å²) >= 11 is 0. The lowest BCUT2D eigenvalue weighted by atomic mass is 9.96. The van der Waals surface area contributed by atoms with E-state index in [9.17, 15) is 5.11 Å². The maximum atomic E-state index is 10.8. The van der Waals surface area contributed by atoms with Gasteiger partial charge in [0, 0.05) is 6.54 Å². The van der Waals surface area contributed by atoms with Gasteiger partial charge in [-0.3, -0.25) is 0 Å². The first-order chi connectivity index (χ1) is 10.7. The summed E-state index contributed by atoms with van der Waals surface area (Å²) in [6, 6.07) is 10.9. The number of hydrogen-bond acceptors (Lipinski definition) is 2. The van der Waals surface area contributed by atoms with Crippen LogP contribution in [0.4, 0.5) is 0 Å². The molecule has 1 atom stereocenters. The van der Waals surface area contributed by atoms with Gasteiger partial charge in [-0.1, -0.05) is 44.2 Å². The van der Waals surface area contributed by atoms with E-state index in [4.69, 9.17) is 0 Å². The Kier molecular flexibility index (Phi) is 4.80. The van der Waals surface area contributed by atoms with E-state index in [1.54, 1.807) is 0 Å². The molecule has 2 nitrogen and oxygen atoms in total. The summed E-state index contributed by atoms with van der Waals surface area (Å²) in [5.41, 5.74) is 3.98. The third-order valence-electron chi connectivity index (χ3n) is 4.79. The molecule has 0 aliphatic heterocycles. The van der Waals surface area contributed by atoms with Crippen molar-refractivity contribution in [3.63, 3.8) is 0 Å². The summed E-state index contributed by atoms with van der Waals surface area (Å²) in [4.78, 5) is 2.39. The molecule has 2 heteroatoms. The largest absolute Gasteiger partial charge is 0.387 e. The van der Waals surface area contributed by atoms with E-state index in [0.717, 1.165) is 50.9 Å². The van der Waals surface area contributed by atoms with Crippen molar-refractivity contribution >= 4 is 10.8 Å². The lowest BCUT2D eigenvalue weighted by Crippen LogP contribution is -2.30. The lowest BCUT2D eigenvalue weighted by Gasteiger charge is -2.25. The number of rotatable bonds is 7. The molecule has 0 saturated carbocycles. The van der Waals surface area contributed by atoms with Crippen molar-refractivity contribution in [3.05, 3.63) is 47.0 Å². The fourth-order valence-electron chi connectivity index (χ4n) is 3.87. The average Bonchev–Trinajstić information content (AvgIpc) is 2.94. The second kappa shape index (κ2) is 6.80. The van der Waals surface area contributed by atoms with Crippen LogP contribution in [-0.2, 0) is 12.8 Å². The van der Waals surface area contributed by atoms with Gasteiger partial charge in [0.1, 0.15) is 0 Å². The van der Waals surface area contributed by atoms with Crippen LogP contribution in [0.25, 0.3) is 10.8 Å². The topological polar surface area (TPSA) is 23.5 Å². The van der Waals surface area contributed by atoms with Crippen LogP contribution in [0.1, 0.15) is 49.5 Å². The van der Waals surface area contributed by atoms with E-state index >= 15 is 0 Å². The highest BCUT2D eigenvalue weighted by Gasteiger charge is 2.22. The zero-order valence-corrected chi connectivity index (χ0v) is 13.8. The molecule has 22 heavy (non-hydrogen) atoms. The Hall–Kier alpha value is -1.38. The van der Waals surface area contributed by atoms with E-state index in [1.807, 2.05) is 0 Å². The third-order valence-corrected chi connectivity index (χ3v) is 4.79.